The van der Waals surface area contributed by atoms with E-state index in [9.17, 15) is 18.0 Å². The van der Waals surface area contributed by atoms with Crippen molar-refractivity contribution in [2.75, 3.05) is 0 Å². The van der Waals surface area contributed by atoms with Crippen LogP contribution in [0.2, 0.25) is 10.8 Å². The van der Waals surface area contributed by atoms with Gasteiger partial charge in [-0.15, -0.1) is 0 Å². The monoisotopic (exact) mass is 328 g/mol. The minimum absolute atomic E-state index is 0.214. The molecule has 0 aliphatic rings. The fraction of sp³-hybridized carbons (Fsp3) is 0.182. The number of alkyl halides is 3. The van der Waals surface area contributed by atoms with Crippen molar-refractivity contribution in [3.63, 3.8) is 0 Å². The molecule has 0 N–H and O–H groups in total. The third-order valence-electron chi connectivity index (χ3n) is 1.89. The molecule has 0 amide bonds. The second-order valence-corrected chi connectivity index (χ2v) is 5.30. The Hall–Kier alpha value is -0.771. The van der Waals surface area contributed by atoms with E-state index in [-0.39, 0.29) is 15.0 Å². The van der Waals surface area contributed by atoms with E-state index in [4.69, 9.17) is 11.6 Å². The number of carbonyl (C=O) groups is 1. The van der Waals surface area contributed by atoms with Gasteiger partial charge in [0.05, 0.1) is 0 Å². The van der Waals surface area contributed by atoms with E-state index in [0.29, 0.717) is 21.1 Å². The van der Waals surface area contributed by atoms with Crippen LogP contribution < -0.4 is 0 Å². The molecule has 0 aromatic heterocycles. The number of hydrogen-bond acceptors (Lipinski definition) is 1. The molecule has 1 aromatic carbocycles. The Morgan fingerprint density at radius 2 is 1.82 bits per heavy atom. The van der Waals surface area contributed by atoms with Crippen LogP contribution in [0.5, 0.6) is 0 Å². The summed E-state index contributed by atoms with van der Waals surface area (Å²) in [5, 5.41) is 0.499. The van der Waals surface area contributed by atoms with Crippen LogP contribution >= 0.6 is 11.6 Å². The van der Waals surface area contributed by atoms with Crippen molar-refractivity contribution in [2.45, 2.75) is 12.0 Å². The first kappa shape index (κ1) is 14.3. The maximum atomic E-state index is 12.1. The van der Waals surface area contributed by atoms with Crippen LogP contribution in [0.15, 0.2) is 30.3 Å². The van der Waals surface area contributed by atoms with Gasteiger partial charge in [0.25, 0.3) is 0 Å². The average Bonchev–Trinajstić information content (AvgIpc) is 2.25. The van der Waals surface area contributed by atoms with Gasteiger partial charge in [0.15, 0.2) is 0 Å². The molecule has 1 nitrogen and oxygen atoms in total. The third-order valence-corrected chi connectivity index (χ3v) is 3.81. The number of ketones is 1. The van der Waals surface area contributed by atoms with E-state index in [1.807, 2.05) is 0 Å². The van der Waals surface area contributed by atoms with Crippen LogP contribution in [0, 0.1) is 0 Å². The quantitative estimate of drug-likeness (QED) is 0.613. The van der Waals surface area contributed by atoms with Gasteiger partial charge in [-0.25, -0.2) is 0 Å². The first-order valence-electron chi connectivity index (χ1n) is 4.47. The molecule has 0 heterocycles. The van der Waals surface area contributed by atoms with Crippen LogP contribution in [-0.2, 0) is 4.79 Å². The predicted octanol–water partition coefficient (Wildman–Crippen LogP) is 3.56. The van der Waals surface area contributed by atoms with Gasteiger partial charge in [-0.3, -0.25) is 0 Å². The van der Waals surface area contributed by atoms with Crippen molar-refractivity contribution in [1.29, 1.82) is 0 Å². The molecule has 0 atom stereocenters. The number of halogens is 4. The Bertz CT molecular complexity index is 437. The summed E-state index contributed by atoms with van der Waals surface area (Å²) < 4.78 is 36.8. The second-order valence-electron chi connectivity index (χ2n) is 3.08. The molecule has 17 heavy (non-hydrogen) atoms. The maximum absolute atomic E-state index is 12.1. The molecular weight excluding hydrogens is 320 g/mol. The Balaban J connectivity index is 3.04. The molecule has 92 valence electrons. The summed E-state index contributed by atoms with van der Waals surface area (Å²) in [4.78, 5) is 10.9. The molecule has 0 saturated carbocycles. The molecule has 0 fully saturated rings. The second kappa shape index (κ2) is 5.71. The number of rotatable bonds is 3. The van der Waals surface area contributed by atoms with Crippen molar-refractivity contribution in [3.05, 3.63) is 40.9 Å². The van der Waals surface area contributed by atoms with Crippen LogP contribution in [0.25, 0.3) is 4.47 Å². The number of carbonyl (C=O) groups excluding carboxylic acids is 1. The van der Waals surface area contributed by atoms with Gasteiger partial charge < -0.3 is 0 Å². The average molecular weight is 328 g/mol. The van der Waals surface area contributed by atoms with Crippen LogP contribution in [0.4, 0.5) is 13.2 Å². The molecule has 0 saturated heterocycles. The zero-order chi connectivity index (χ0) is 13.1. The summed E-state index contributed by atoms with van der Waals surface area (Å²) in [5.74, 6) is -0.0805. The van der Waals surface area contributed by atoms with Gasteiger partial charge in [-0.05, 0) is 0 Å². The molecule has 0 radical (unpaired) electrons. The van der Waals surface area contributed by atoms with E-state index in [0.717, 1.165) is 0 Å². The van der Waals surface area contributed by atoms with Crippen LogP contribution in [-0.4, -0.2) is 26.9 Å². The summed E-state index contributed by atoms with van der Waals surface area (Å²) in [5.41, 5.74) is 0.592. The minimum atomic E-state index is -4.82. The molecule has 0 aliphatic carbocycles. The standard InChI is InChI=1S/C11H8ClF3OSe/c1-17-9(6-10(16)11(13,14)15)7-2-4-8(12)5-3-7/h2-6H,1H3/b9-6-. The van der Waals surface area contributed by atoms with E-state index < -0.39 is 12.0 Å². The van der Waals surface area contributed by atoms with Gasteiger partial charge in [-0.1, -0.05) is 0 Å². The topological polar surface area (TPSA) is 17.1 Å². The fourth-order valence-corrected chi connectivity index (χ4v) is 2.45. The summed E-state index contributed by atoms with van der Waals surface area (Å²) in [6.07, 6.45) is -4.16. The van der Waals surface area contributed by atoms with Gasteiger partial charge in [0.1, 0.15) is 0 Å². The summed E-state index contributed by atoms with van der Waals surface area (Å²) in [7, 11) is 0. The van der Waals surface area contributed by atoms with Crippen molar-refractivity contribution in [2.24, 2.45) is 0 Å². The molecule has 0 spiro atoms. The predicted molar refractivity (Wildman–Crippen MR) is 62.1 cm³/mol. The van der Waals surface area contributed by atoms with E-state index in [1.54, 1.807) is 30.1 Å². The fourth-order valence-electron chi connectivity index (χ4n) is 1.08. The van der Waals surface area contributed by atoms with Gasteiger partial charge in [-0.2, -0.15) is 0 Å². The summed E-state index contributed by atoms with van der Waals surface area (Å²) in [6, 6.07) is 6.36. The summed E-state index contributed by atoms with van der Waals surface area (Å²) >= 11 is 5.46. The van der Waals surface area contributed by atoms with Crippen LogP contribution in [0.1, 0.15) is 5.56 Å². The van der Waals surface area contributed by atoms with Crippen molar-refractivity contribution < 1.29 is 18.0 Å². The van der Waals surface area contributed by atoms with Crippen molar-refractivity contribution in [3.8, 4) is 0 Å². The van der Waals surface area contributed by atoms with Crippen molar-refractivity contribution >= 4 is 36.8 Å². The Labute approximate surface area is 108 Å². The zero-order valence-corrected chi connectivity index (χ0v) is 11.2. The Morgan fingerprint density at radius 1 is 1.29 bits per heavy atom. The molecule has 0 unspecified atom stereocenters. The molecule has 0 aliphatic heterocycles. The first-order chi connectivity index (χ1) is 7.84. The first-order valence-corrected chi connectivity index (χ1v) is 7.42. The van der Waals surface area contributed by atoms with E-state index >= 15 is 0 Å². The molecule has 1 rings (SSSR count). The summed E-state index contributed by atoms with van der Waals surface area (Å²) in [6.45, 7) is 0. The van der Waals surface area contributed by atoms with Gasteiger partial charge >= 0.3 is 108 Å². The molecular formula is C11H8ClF3OSe. The Kier molecular flexibility index (Phi) is 4.80. The zero-order valence-electron chi connectivity index (χ0n) is 8.72. The Morgan fingerprint density at radius 3 is 2.24 bits per heavy atom. The van der Waals surface area contributed by atoms with Gasteiger partial charge in [0.2, 0.25) is 0 Å². The SMILES string of the molecule is C[Se]/C(=C\C(=O)C(F)(F)F)c1ccc(Cl)cc1. The van der Waals surface area contributed by atoms with Crippen molar-refractivity contribution in [1.82, 2.24) is 0 Å². The van der Waals surface area contributed by atoms with Crippen LogP contribution in [0.3, 0.4) is 0 Å². The normalized spacial score (nSPS) is 12.6. The number of benzene rings is 1. The third kappa shape index (κ3) is 4.19. The number of allylic oxidation sites excluding steroid dienone is 1. The molecule has 1 aromatic rings. The molecule has 0 bridgehead atoms. The number of hydrogen-bond donors (Lipinski definition) is 0. The van der Waals surface area contributed by atoms with E-state index in [1.165, 1.54) is 0 Å². The molecule has 6 heteroatoms. The van der Waals surface area contributed by atoms with Gasteiger partial charge in [0, 0.05) is 0 Å². The van der Waals surface area contributed by atoms with E-state index in [2.05, 4.69) is 0 Å².